The quantitative estimate of drug-likeness (QED) is 0.311. The second kappa shape index (κ2) is 7.87. The molecule has 0 aromatic heterocycles. The number of rotatable bonds is 4. The van der Waals surface area contributed by atoms with E-state index in [4.69, 9.17) is 46.4 Å². The van der Waals surface area contributed by atoms with Crippen LogP contribution in [0.5, 0.6) is 11.5 Å². The predicted molar refractivity (Wildman–Crippen MR) is 114 cm³/mol. The summed E-state index contributed by atoms with van der Waals surface area (Å²) in [5, 5.41) is 19.6. The van der Waals surface area contributed by atoms with E-state index in [0.29, 0.717) is 0 Å². The number of halogens is 4. The summed E-state index contributed by atoms with van der Waals surface area (Å²) in [4.78, 5) is 0. The second-order valence-electron chi connectivity index (χ2n) is 6.06. The molecule has 10 heteroatoms. The van der Waals surface area contributed by atoms with Crippen LogP contribution >= 0.6 is 46.4 Å². The van der Waals surface area contributed by atoms with E-state index in [9.17, 15) is 23.2 Å². The van der Waals surface area contributed by atoms with Gasteiger partial charge >= 0.3 is 0 Å². The van der Waals surface area contributed by atoms with E-state index in [-0.39, 0.29) is 31.8 Å². The lowest BCUT2D eigenvalue weighted by molar-refractivity contribution is 0.455. The zero-order valence-corrected chi connectivity index (χ0v) is 18.1. The molecule has 152 valence electrons. The van der Waals surface area contributed by atoms with E-state index in [1.807, 2.05) is 0 Å². The van der Waals surface area contributed by atoms with Gasteiger partial charge in [0.05, 0.1) is 10.0 Å². The SMILES string of the molecule is O=S(=O)(O)C(c1ccc(Cl)c(O)c1)(c1ccccc1Cl)c1c(Cl)ccc(O)c1Cl. The molecule has 1 unspecified atom stereocenters. The Hall–Kier alpha value is -1.67. The molecule has 0 spiro atoms. The fourth-order valence-corrected chi connectivity index (χ4v) is 5.76. The summed E-state index contributed by atoms with van der Waals surface area (Å²) in [6, 6.07) is 11.8. The van der Waals surface area contributed by atoms with Crippen molar-refractivity contribution in [3.05, 3.63) is 91.4 Å². The standard InChI is InChI=1S/C19H12Cl4O5S/c20-12-4-2-1-3-11(12)19(29(26,27)28,10-5-6-13(21)16(25)9-10)17-14(22)7-8-15(24)18(17)23/h1-9,24-25H,(H,26,27,28). The van der Waals surface area contributed by atoms with E-state index >= 15 is 0 Å². The molecule has 0 saturated carbocycles. The number of phenols is 2. The van der Waals surface area contributed by atoms with Crippen molar-refractivity contribution in [1.82, 2.24) is 0 Å². The molecule has 0 bridgehead atoms. The Morgan fingerprint density at radius 3 is 1.97 bits per heavy atom. The van der Waals surface area contributed by atoms with Crippen LogP contribution in [0.1, 0.15) is 16.7 Å². The highest BCUT2D eigenvalue weighted by molar-refractivity contribution is 7.87. The van der Waals surface area contributed by atoms with Gasteiger partial charge in [-0.15, -0.1) is 0 Å². The van der Waals surface area contributed by atoms with Crippen molar-refractivity contribution < 1.29 is 23.2 Å². The van der Waals surface area contributed by atoms with E-state index in [2.05, 4.69) is 0 Å². The molecule has 3 aromatic rings. The van der Waals surface area contributed by atoms with Crippen molar-refractivity contribution in [3.8, 4) is 11.5 Å². The van der Waals surface area contributed by atoms with Gasteiger partial charge < -0.3 is 10.2 Å². The number of hydrogen-bond acceptors (Lipinski definition) is 4. The molecule has 3 N–H and O–H groups in total. The van der Waals surface area contributed by atoms with Crippen molar-refractivity contribution in [2.45, 2.75) is 4.75 Å². The molecule has 0 aliphatic rings. The van der Waals surface area contributed by atoms with Crippen molar-refractivity contribution in [1.29, 1.82) is 0 Å². The van der Waals surface area contributed by atoms with Gasteiger partial charge in [0.15, 0.2) is 4.75 Å². The van der Waals surface area contributed by atoms with E-state index in [1.165, 1.54) is 42.5 Å². The van der Waals surface area contributed by atoms with Crippen LogP contribution in [0.4, 0.5) is 0 Å². The van der Waals surface area contributed by atoms with Crippen LogP contribution in [-0.2, 0) is 14.9 Å². The third kappa shape index (κ3) is 3.54. The maximum Gasteiger partial charge on any atom is 0.283 e. The highest BCUT2D eigenvalue weighted by Crippen LogP contribution is 2.53. The highest BCUT2D eigenvalue weighted by atomic mass is 35.5. The summed E-state index contributed by atoms with van der Waals surface area (Å²) >= 11 is 24.8. The minimum absolute atomic E-state index is 0.0324. The van der Waals surface area contributed by atoms with Crippen molar-refractivity contribution in [2.24, 2.45) is 0 Å². The van der Waals surface area contributed by atoms with Crippen LogP contribution in [-0.4, -0.2) is 23.2 Å². The van der Waals surface area contributed by atoms with Gasteiger partial charge in [0, 0.05) is 21.2 Å². The summed E-state index contributed by atoms with van der Waals surface area (Å²) in [6.45, 7) is 0. The van der Waals surface area contributed by atoms with Gasteiger partial charge in [-0.05, 0) is 35.9 Å². The van der Waals surface area contributed by atoms with Gasteiger partial charge in [-0.25, -0.2) is 0 Å². The molecule has 0 aliphatic carbocycles. The molecule has 1 atom stereocenters. The molecule has 0 amide bonds. The molecule has 0 radical (unpaired) electrons. The minimum Gasteiger partial charge on any atom is -0.506 e. The average molecular weight is 494 g/mol. The summed E-state index contributed by atoms with van der Waals surface area (Å²) in [5.74, 6) is -0.916. The molecule has 3 rings (SSSR count). The van der Waals surface area contributed by atoms with Crippen molar-refractivity contribution in [3.63, 3.8) is 0 Å². The van der Waals surface area contributed by atoms with Gasteiger partial charge in [0.25, 0.3) is 10.1 Å². The number of phenolic OH excluding ortho intramolecular Hbond substituents is 2. The van der Waals surface area contributed by atoms with Gasteiger partial charge in [0.1, 0.15) is 11.5 Å². The summed E-state index contributed by atoms with van der Waals surface area (Å²) in [7, 11) is -5.12. The maximum atomic E-state index is 13.0. The Labute approximate surface area is 186 Å². The monoisotopic (exact) mass is 492 g/mol. The third-order valence-electron chi connectivity index (χ3n) is 4.42. The number of hydrogen-bond donors (Lipinski definition) is 3. The highest BCUT2D eigenvalue weighted by Gasteiger charge is 2.52. The minimum atomic E-state index is -5.12. The number of aromatic hydroxyl groups is 2. The van der Waals surface area contributed by atoms with Crippen LogP contribution in [0, 0.1) is 0 Å². The Morgan fingerprint density at radius 2 is 1.38 bits per heavy atom. The van der Waals surface area contributed by atoms with Crippen LogP contribution in [0.15, 0.2) is 54.6 Å². The molecular formula is C19H12Cl4O5S. The topological polar surface area (TPSA) is 94.8 Å². The van der Waals surface area contributed by atoms with Gasteiger partial charge in [-0.3, -0.25) is 4.55 Å². The largest absolute Gasteiger partial charge is 0.506 e. The van der Waals surface area contributed by atoms with Gasteiger partial charge in [0.2, 0.25) is 0 Å². The Balaban J connectivity index is 2.66. The van der Waals surface area contributed by atoms with E-state index < -0.39 is 31.4 Å². The normalized spacial score (nSPS) is 13.8. The summed E-state index contributed by atoms with van der Waals surface area (Å²) in [5.41, 5.74) is -0.581. The lowest BCUT2D eigenvalue weighted by Crippen LogP contribution is -2.39. The first-order chi connectivity index (χ1) is 13.5. The summed E-state index contributed by atoms with van der Waals surface area (Å²) in [6.07, 6.45) is 0. The van der Waals surface area contributed by atoms with Gasteiger partial charge in [-0.1, -0.05) is 70.7 Å². The average Bonchev–Trinajstić information content (AvgIpc) is 2.64. The summed E-state index contributed by atoms with van der Waals surface area (Å²) < 4.78 is 34.0. The predicted octanol–water partition coefficient (Wildman–Crippen LogP) is 5.89. The van der Waals surface area contributed by atoms with Crippen LogP contribution in [0.25, 0.3) is 0 Å². The zero-order valence-electron chi connectivity index (χ0n) is 14.3. The molecule has 0 heterocycles. The van der Waals surface area contributed by atoms with Crippen LogP contribution in [0.2, 0.25) is 20.1 Å². The Bertz CT molecular complexity index is 1210. The fourth-order valence-electron chi connectivity index (χ4n) is 3.19. The Kier molecular flexibility index (Phi) is 5.98. The molecule has 3 aromatic carbocycles. The lowest BCUT2D eigenvalue weighted by Gasteiger charge is -2.34. The van der Waals surface area contributed by atoms with Crippen LogP contribution < -0.4 is 0 Å². The third-order valence-corrected chi connectivity index (χ3v) is 7.20. The zero-order chi connectivity index (χ0) is 21.6. The Morgan fingerprint density at radius 1 is 0.759 bits per heavy atom. The molecule has 5 nitrogen and oxygen atoms in total. The molecule has 0 aliphatic heterocycles. The first kappa shape index (κ1) is 22.0. The first-order valence-electron chi connectivity index (χ1n) is 7.90. The van der Waals surface area contributed by atoms with Gasteiger partial charge in [-0.2, -0.15) is 8.42 Å². The maximum absolute atomic E-state index is 13.0. The van der Waals surface area contributed by atoms with Crippen molar-refractivity contribution in [2.75, 3.05) is 0 Å². The lowest BCUT2D eigenvalue weighted by atomic mass is 9.83. The van der Waals surface area contributed by atoms with E-state index in [1.54, 1.807) is 6.07 Å². The number of benzene rings is 3. The van der Waals surface area contributed by atoms with E-state index in [0.717, 1.165) is 6.07 Å². The first-order valence-corrected chi connectivity index (χ1v) is 10.9. The van der Waals surface area contributed by atoms with Crippen LogP contribution in [0.3, 0.4) is 0 Å². The molecular weight excluding hydrogens is 482 g/mol. The molecule has 29 heavy (non-hydrogen) atoms. The smallest absolute Gasteiger partial charge is 0.283 e. The van der Waals surface area contributed by atoms with Crippen molar-refractivity contribution >= 4 is 56.5 Å². The fraction of sp³-hybridized carbons (Fsp3) is 0.0526. The molecule has 0 saturated heterocycles. The second-order valence-corrected chi connectivity index (χ2v) is 9.22. The molecule has 0 fully saturated rings.